The number of aromatic carboxylic acids is 1. The Hall–Kier alpha value is -5.43. The number of carboxylic acids is 1. The Bertz CT molecular complexity index is 1820. The van der Waals surface area contributed by atoms with Gasteiger partial charge < -0.3 is 20.2 Å². The van der Waals surface area contributed by atoms with E-state index in [1.165, 1.54) is 51.2 Å². The van der Waals surface area contributed by atoms with E-state index in [4.69, 9.17) is 11.6 Å². The number of carbonyl (C=O) groups excluding carboxylic acids is 3. The molecule has 1 saturated carbocycles. The van der Waals surface area contributed by atoms with E-state index in [1.807, 2.05) is 0 Å². The number of fused-ring (bicyclic) bond motifs is 1. The molecule has 4 aromatic rings. The quantitative estimate of drug-likeness (QED) is 0.278. The van der Waals surface area contributed by atoms with Crippen molar-refractivity contribution in [2.75, 3.05) is 23.8 Å². The molecule has 1 aliphatic carbocycles. The number of anilines is 2. The Kier molecular flexibility index (Phi) is 8.09. The van der Waals surface area contributed by atoms with Crippen LogP contribution in [0.25, 0.3) is 11.8 Å². The molecule has 45 heavy (non-hydrogen) atoms. The minimum atomic E-state index is -1.10. The summed E-state index contributed by atoms with van der Waals surface area (Å²) in [7, 11) is 1.67. The molecule has 2 aromatic heterocycles. The maximum Gasteiger partial charge on any atom is 0.335 e. The van der Waals surface area contributed by atoms with E-state index in [-0.39, 0.29) is 23.9 Å². The normalized spacial score (nSPS) is 15.9. The number of halogens is 1. The molecule has 3 heterocycles. The molecule has 0 spiro atoms. The predicted molar refractivity (Wildman–Crippen MR) is 164 cm³/mol. The number of hydrogen-bond acceptors (Lipinski definition) is 8. The highest BCUT2D eigenvalue weighted by molar-refractivity contribution is 6.30. The van der Waals surface area contributed by atoms with Gasteiger partial charge in [0.05, 0.1) is 23.1 Å². The first-order chi connectivity index (χ1) is 21.7. The van der Waals surface area contributed by atoms with Crippen molar-refractivity contribution in [3.05, 3.63) is 94.5 Å². The van der Waals surface area contributed by atoms with Gasteiger partial charge in [0.15, 0.2) is 0 Å². The third kappa shape index (κ3) is 6.29. The summed E-state index contributed by atoms with van der Waals surface area (Å²) < 4.78 is 1.44. The molecule has 0 bridgehead atoms. The third-order valence-corrected chi connectivity index (χ3v) is 7.99. The van der Waals surface area contributed by atoms with Crippen molar-refractivity contribution in [2.45, 2.75) is 25.3 Å². The van der Waals surface area contributed by atoms with Crippen LogP contribution in [0.4, 0.5) is 11.4 Å². The van der Waals surface area contributed by atoms with Gasteiger partial charge in [-0.05, 0) is 77.9 Å². The molecule has 1 unspecified atom stereocenters. The van der Waals surface area contributed by atoms with E-state index in [9.17, 15) is 24.3 Å². The van der Waals surface area contributed by atoms with Gasteiger partial charge >= 0.3 is 5.97 Å². The highest BCUT2D eigenvalue weighted by atomic mass is 35.5. The van der Waals surface area contributed by atoms with Crippen molar-refractivity contribution in [3.8, 4) is 5.69 Å². The van der Waals surface area contributed by atoms with E-state index in [1.54, 1.807) is 43.6 Å². The second-order valence-corrected chi connectivity index (χ2v) is 11.2. The van der Waals surface area contributed by atoms with Crippen LogP contribution in [-0.2, 0) is 20.8 Å². The topological polar surface area (TPSA) is 164 Å². The summed E-state index contributed by atoms with van der Waals surface area (Å²) in [5, 5.41) is 23.8. The van der Waals surface area contributed by atoms with Gasteiger partial charge in [-0.15, -0.1) is 5.10 Å². The highest BCUT2D eigenvalue weighted by Crippen LogP contribution is 2.36. The zero-order valence-corrected chi connectivity index (χ0v) is 24.8. The van der Waals surface area contributed by atoms with Gasteiger partial charge in [0.2, 0.25) is 11.8 Å². The van der Waals surface area contributed by atoms with E-state index in [0.29, 0.717) is 45.3 Å². The first kappa shape index (κ1) is 29.6. The van der Waals surface area contributed by atoms with Crippen LogP contribution in [0, 0.1) is 5.92 Å². The Morgan fingerprint density at radius 3 is 2.56 bits per heavy atom. The average Bonchev–Trinajstić information content (AvgIpc) is 3.76. The SMILES string of the molecule is CN(C(=O)C1CC1)c1cnc2c(c1)C(C(=O)Nc1ccc(C(=O)O)cc1)N(C(=O)/C=C/c1cc(Cl)ccc1-n1cnnn1)CC2. The van der Waals surface area contributed by atoms with Crippen LogP contribution in [0.3, 0.4) is 0 Å². The van der Waals surface area contributed by atoms with Crippen LogP contribution >= 0.6 is 11.6 Å². The van der Waals surface area contributed by atoms with Crippen molar-refractivity contribution in [3.63, 3.8) is 0 Å². The van der Waals surface area contributed by atoms with Crippen molar-refractivity contribution >= 4 is 52.7 Å². The van der Waals surface area contributed by atoms with Gasteiger partial charge in [0, 0.05) is 59.5 Å². The van der Waals surface area contributed by atoms with Crippen LogP contribution in [0.15, 0.2) is 67.1 Å². The number of tetrazole rings is 1. The van der Waals surface area contributed by atoms with Gasteiger partial charge in [-0.1, -0.05) is 11.6 Å². The lowest BCUT2D eigenvalue weighted by Crippen LogP contribution is -2.45. The van der Waals surface area contributed by atoms with Gasteiger partial charge in [-0.2, -0.15) is 4.68 Å². The minimum absolute atomic E-state index is 0.0215. The Morgan fingerprint density at radius 2 is 1.87 bits per heavy atom. The zero-order chi connectivity index (χ0) is 31.7. The molecule has 0 saturated heterocycles. The standard InChI is InChI=1S/C31H27ClN8O5/c1-38(30(43)18-2-3-18)23-15-24-25(33-16-23)12-13-39(28(24)29(42)35-22-8-4-19(5-9-22)31(44)45)27(41)11-6-20-14-21(32)7-10-26(20)40-17-34-36-37-40/h4-11,14-18,28H,2-3,12-13H2,1H3,(H,35,42)(H,44,45)/b11-6+. The maximum absolute atomic E-state index is 13.9. The molecule has 2 aliphatic rings. The number of pyridine rings is 1. The number of hydrogen-bond donors (Lipinski definition) is 2. The summed E-state index contributed by atoms with van der Waals surface area (Å²) in [5.74, 6) is -2.11. The Labute approximate surface area is 262 Å². The van der Waals surface area contributed by atoms with Crippen molar-refractivity contribution in [1.29, 1.82) is 0 Å². The van der Waals surface area contributed by atoms with E-state index < -0.39 is 23.8 Å². The first-order valence-electron chi connectivity index (χ1n) is 14.1. The molecule has 2 N–H and O–H groups in total. The number of carbonyl (C=O) groups is 4. The van der Waals surface area contributed by atoms with E-state index >= 15 is 0 Å². The van der Waals surface area contributed by atoms with Crippen molar-refractivity contribution < 1.29 is 24.3 Å². The summed E-state index contributed by atoms with van der Waals surface area (Å²) in [6.45, 7) is 0.199. The van der Waals surface area contributed by atoms with Gasteiger partial charge in [0.25, 0.3) is 5.91 Å². The Balaban J connectivity index is 1.34. The summed E-state index contributed by atoms with van der Waals surface area (Å²) in [6, 6.07) is 11.4. The molecule has 0 radical (unpaired) electrons. The fourth-order valence-electron chi connectivity index (χ4n) is 5.21. The van der Waals surface area contributed by atoms with Crippen LogP contribution < -0.4 is 10.2 Å². The summed E-state index contributed by atoms with van der Waals surface area (Å²) in [6.07, 6.45) is 8.02. The number of nitrogens with one attached hydrogen (secondary N) is 1. The van der Waals surface area contributed by atoms with Crippen LogP contribution in [0.2, 0.25) is 5.02 Å². The molecule has 6 rings (SSSR count). The zero-order valence-electron chi connectivity index (χ0n) is 24.0. The summed E-state index contributed by atoms with van der Waals surface area (Å²) in [5.41, 5.74) is 3.23. The lowest BCUT2D eigenvalue weighted by atomic mass is 9.95. The predicted octanol–water partition coefficient (Wildman–Crippen LogP) is 3.56. The first-order valence-corrected chi connectivity index (χ1v) is 14.5. The third-order valence-electron chi connectivity index (χ3n) is 7.75. The second kappa shape index (κ2) is 12.3. The minimum Gasteiger partial charge on any atom is -0.478 e. The van der Waals surface area contributed by atoms with E-state index in [0.717, 1.165) is 12.8 Å². The molecule has 1 fully saturated rings. The largest absolute Gasteiger partial charge is 0.478 e. The number of benzene rings is 2. The average molecular weight is 627 g/mol. The smallest absolute Gasteiger partial charge is 0.335 e. The van der Waals surface area contributed by atoms with Crippen LogP contribution in [0.1, 0.15) is 46.1 Å². The number of nitrogens with zero attached hydrogens (tertiary/aromatic N) is 7. The van der Waals surface area contributed by atoms with Crippen LogP contribution in [0.5, 0.6) is 0 Å². The van der Waals surface area contributed by atoms with Crippen molar-refractivity contribution in [1.82, 2.24) is 30.1 Å². The molecule has 14 heteroatoms. The van der Waals surface area contributed by atoms with E-state index in [2.05, 4.69) is 25.8 Å². The van der Waals surface area contributed by atoms with Crippen molar-refractivity contribution in [2.24, 2.45) is 5.92 Å². The fourth-order valence-corrected chi connectivity index (χ4v) is 5.39. The number of carboxylic acid groups (broad SMARTS) is 1. The maximum atomic E-state index is 13.9. The van der Waals surface area contributed by atoms with Crippen LogP contribution in [-0.4, -0.2) is 72.5 Å². The summed E-state index contributed by atoms with van der Waals surface area (Å²) in [4.78, 5) is 59.4. The number of rotatable bonds is 8. The highest BCUT2D eigenvalue weighted by Gasteiger charge is 2.38. The molecule has 228 valence electrons. The molecular formula is C31H27ClN8O5. The lowest BCUT2D eigenvalue weighted by molar-refractivity contribution is -0.135. The molecule has 2 aromatic carbocycles. The second-order valence-electron chi connectivity index (χ2n) is 10.7. The van der Waals surface area contributed by atoms with Gasteiger partial charge in [-0.25, -0.2) is 4.79 Å². The molecule has 13 nitrogen and oxygen atoms in total. The summed E-state index contributed by atoms with van der Waals surface area (Å²) >= 11 is 6.24. The fraction of sp³-hybridized carbons (Fsp3) is 0.226. The number of aromatic nitrogens is 5. The number of amides is 3. The molecule has 1 aliphatic heterocycles. The Morgan fingerprint density at radius 1 is 1.09 bits per heavy atom. The lowest BCUT2D eigenvalue weighted by Gasteiger charge is -2.36. The van der Waals surface area contributed by atoms with Gasteiger partial charge in [0.1, 0.15) is 12.4 Å². The van der Waals surface area contributed by atoms with Gasteiger partial charge in [-0.3, -0.25) is 19.4 Å². The molecular weight excluding hydrogens is 600 g/mol. The molecule has 1 atom stereocenters. The monoisotopic (exact) mass is 626 g/mol. The molecule has 3 amide bonds.